The number of hydrogen-bond acceptors (Lipinski definition) is 4. The lowest BCUT2D eigenvalue weighted by Crippen LogP contribution is -2.16. The Bertz CT molecular complexity index is 3520. The summed E-state index contributed by atoms with van der Waals surface area (Å²) in [6.45, 7) is 0. The second-order valence-electron chi connectivity index (χ2n) is 17.5. The highest BCUT2D eigenvalue weighted by Crippen LogP contribution is 2.47. The van der Waals surface area contributed by atoms with Crippen molar-refractivity contribution in [2.24, 2.45) is 0 Å². The first-order chi connectivity index (χ1) is 35.2. The number of benzene rings is 11. The van der Waals surface area contributed by atoms with Gasteiger partial charge in [-0.15, -0.1) is 0 Å². The van der Waals surface area contributed by atoms with Gasteiger partial charge in [0.2, 0.25) is 0 Å². The van der Waals surface area contributed by atoms with Gasteiger partial charge in [0.1, 0.15) is 0 Å². The maximum atomic E-state index is 2.39. The monoisotopic (exact) mass is 911 g/mol. The second kappa shape index (κ2) is 19.2. The van der Waals surface area contributed by atoms with Crippen molar-refractivity contribution in [3.05, 3.63) is 297 Å². The molecule has 0 unspecified atom stereocenters. The zero-order valence-corrected chi connectivity index (χ0v) is 39.0. The lowest BCUT2D eigenvalue weighted by molar-refractivity contribution is 1.18. The molecule has 0 N–H and O–H groups in total. The maximum absolute atomic E-state index is 2.39. The zero-order chi connectivity index (χ0) is 47.3. The molecule has 12 aromatic rings. The molecule has 0 aliphatic heterocycles. The Hall–Kier alpha value is -9.58. The third-order valence-electron chi connectivity index (χ3n) is 13.0. The first kappa shape index (κ1) is 42.8. The summed E-state index contributed by atoms with van der Waals surface area (Å²) in [5, 5.41) is 2.40. The van der Waals surface area contributed by atoms with Gasteiger partial charge in [-0.2, -0.15) is 0 Å². The third kappa shape index (κ3) is 8.43. The van der Waals surface area contributed by atoms with Crippen molar-refractivity contribution in [3.8, 4) is 5.69 Å². The molecule has 0 atom stereocenters. The van der Waals surface area contributed by atoms with E-state index in [1.54, 1.807) is 0 Å². The number of hydrogen-bond donors (Lipinski definition) is 0. The molecule has 0 fully saturated rings. The van der Waals surface area contributed by atoms with Gasteiger partial charge in [-0.05, 0) is 146 Å². The SMILES string of the molecule is c1ccc(N(c2ccccc2)c2cc(N(c3ccccc3)c3ccccc3)cc(N(c3ccccc3)c3cccc(N(c4ccccc4)c4ccc5c(c4)c4ccccc4n5-c4ccccc4)c3)c2)cc1. The number of fused-ring (bicyclic) bond motifs is 3. The van der Waals surface area contributed by atoms with Crippen molar-refractivity contribution in [1.29, 1.82) is 0 Å². The molecular formula is C66H49N5. The van der Waals surface area contributed by atoms with Crippen molar-refractivity contribution < 1.29 is 0 Å². The molecule has 5 nitrogen and oxygen atoms in total. The van der Waals surface area contributed by atoms with Crippen LogP contribution < -0.4 is 19.6 Å². The molecule has 0 radical (unpaired) electrons. The smallest absolute Gasteiger partial charge is 0.0542 e. The summed E-state index contributed by atoms with van der Waals surface area (Å²) in [5.74, 6) is 0. The van der Waals surface area contributed by atoms with Crippen LogP contribution in [0, 0.1) is 0 Å². The van der Waals surface area contributed by atoms with Gasteiger partial charge in [-0.3, -0.25) is 0 Å². The van der Waals surface area contributed by atoms with E-state index < -0.39 is 0 Å². The van der Waals surface area contributed by atoms with Gasteiger partial charge in [0, 0.05) is 67.6 Å². The van der Waals surface area contributed by atoms with Crippen LogP contribution in [0.15, 0.2) is 297 Å². The zero-order valence-electron chi connectivity index (χ0n) is 39.0. The Morgan fingerprint density at radius 1 is 0.183 bits per heavy atom. The molecule has 0 spiro atoms. The van der Waals surface area contributed by atoms with Crippen LogP contribution in [0.5, 0.6) is 0 Å². The highest BCUT2D eigenvalue weighted by atomic mass is 15.2. The fourth-order valence-electron chi connectivity index (χ4n) is 9.94. The molecule has 0 amide bonds. The number of nitrogens with zero attached hydrogens (tertiary/aromatic N) is 5. The molecule has 5 heteroatoms. The van der Waals surface area contributed by atoms with E-state index in [0.29, 0.717) is 0 Å². The molecule has 12 rings (SSSR count). The highest BCUT2D eigenvalue weighted by Gasteiger charge is 2.24. The molecule has 1 aromatic heterocycles. The summed E-state index contributed by atoms with van der Waals surface area (Å²) in [6, 6.07) is 106. The minimum atomic E-state index is 0.996. The summed E-state index contributed by atoms with van der Waals surface area (Å²) < 4.78 is 2.37. The van der Waals surface area contributed by atoms with Gasteiger partial charge < -0.3 is 24.2 Å². The quantitative estimate of drug-likeness (QED) is 0.115. The van der Waals surface area contributed by atoms with E-state index in [1.165, 1.54) is 16.3 Å². The third-order valence-corrected chi connectivity index (χ3v) is 13.0. The first-order valence-corrected chi connectivity index (χ1v) is 24.1. The predicted molar refractivity (Wildman–Crippen MR) is 300 cm³/mol. The van der Waals surface area contributed by atoms with Crippen molar-refractivity contribution in [1.82, 2.24) is 4.57 Å². The Morgan fingerprint density at radius 2 is 0.465 bits per heavy atom. The molecule has 71 heavy (non-hydrogen) atoms. The predicted octanol–water partition coefficient (Wildman–Crippen LogP) is 18.7. The Kier molecular flexibility index (Phi) is 11.6. The minimum Gasteiger partial charge on any atom is -0.310 e. The molecule has 0 aliphatic carbocycles. The van der Waals surface area contributed by atoms with Crippen LogP contribution in [-0.4, -0.2) is 4.57 Å². The molecule has 1 heterocycles. The second-order valence-corrected chi connectivity index (χ2v) is 17.5. The Labute approximate surface area is 415 Å². The fourth-order valence-corrected chi connectivity index (χ4v) is 9.94. The Morgan fingerprint density at radius 3 is 0.873 bits per heavy atom. The van der Waals surface area contributed by atoms with E-state index in [1.807, 2.05) is 0 Å². The average Bonchev–Trinajstić information content (AvgIpc) is 3.77. The van der Waals surface area contributed by atoms with Crippen LogP contribution in [0.25, 0.3) is 27.5 Å². The lowest BCUT2D eigenvalue weighted by atomic mass is 10.1. The topological polar surface area (TPSA) is 17.9 Å². The van der Waals surface area contributed by atoms with Crippen LogP contribution in [0.2, 0.25) is 0 Å². The average molecular weight is 912 g/mol. The van der Waals surface area contributed by atoms with E-state index in [-0.39, 0.29) is 0 Å². The molecule has 0 saturated heterocycles. The lowest BCUT2D eigenvalue weighted by Gasteiger charge is -2.33. The van der Waals surface area contributed by atoms with E-state index in [0.717, 1.165) is 79.5 Å². The highest BCUT2D eigenvalue weighted by molar-refractivity contribution is 6.10. The van der Waals surface area contributed by atoms with Gasteiger partial charge >= 0.3 is 0 Å². The van der Waals surface area contributed by atoms with Gasteiger partial charge in [0.15, 0.2) is 0 Å². The summed E-state index contributed by atoms with van der Waals surface area (Å²) in [7, 11) is 0. The van der Waals surface area contributed by atoms with E-state index >= 15 is 0 Å². The van der Waals surface area contributed by atoms with Crippen LogP contribution in [0.3, 0.4) is 0 Å². The number of anilines is 12. The number of aromatic nitrogens is 1. The van der Waals surface area contributed by atoms with Gasteiger partial charge in [0.05, 0.1) is 28.1 Å². The minimum absolute atomic E-state index is 0.996. The van der Waals surface area contributed by atoms with Crippen molar-refractivity contribution in [3.63, 3.8) is 0 Å². The molecule has 11 aromatic carbocycles. The molecule has 0 aliphatic rings. The Balaban J connectivity index is 1.07. The van der Waals surface area contributed by atoms with E-state index in [2.05, 4.69) is 321 Å². The van der Waals surface area contributed by atoms with Crippen molar-refractivity contribution >= 4 is 90.1 Å². The van der Waals surface area contributed by atoms with E-state index in [4.69, 9.17) is 0 Å². The van der Waals surface area contributed by atoms with Gasteiger partial charge in [-0.1, -0.05) is 152 Å². The molecule has 0 saturated carbocycles. The molecular weight excluding hydrogens is 863 g/mol. The van der Waals surface area contributed by atoms with Crippen LogP contribution in [-0.2, 0) is 0 Å². The van der Waals surface area contributed by atoms with Gasteiger partial charge in [-0.25, -0.2) is 0 Å². The van der Waals surface area contributed by atoms with Crippen LogP contribution >= 0.6 is 0 Å². The van der Waals surface area contributed by atoms with Crippen LogP contribution in [0.4, 0.5) is 68.2 Å². The maximum Gasteiger partial charge on any atom is 0.0542 e. The summed E-state index contributed by atoms with van der Waals surface area (Å²) in [6.07, 6.45) is 0. The summed E-state index contributed by atoms with van der Waals surface area (Å²) >= 11 is 0. The standard InChI is InChI=1S/C66H49N5/c1-8-25-50(26-9-1)67(51-27-10-2-11-28-51)60-46-61(68(52-29-12-3-13-30-52)53-31-14-4-15-32-53)48-62(47-60)70(55-35-18-6-19-36-55)58-40-24-39-57(45-58)69(54-33-16-5-17-34-54)59-43-44-66-64(49-59)63-41-22-23-42-65(63)71(66)56-37-20-7-21-38-56/h1-49H. The fraction of sp³-hybridized carbons (Fsp3) is 0. The van der Waals surface area contributed by atoms with Crippen LogP contribution in [0.1, 0.15) is 0 Å². The largest absolute Gasteiger partial charge is 0.310 e. The number of rotatable bonds is 13. The van der Waals surface area contributed by atoms with Gasteiger partial charge in [0.25, 0.3) is 0 Å². The van der Waals surface area contributed by atoms with E-state index in [9.17, 15) is 0 Å². The summed E-state index contributed by atoms with van der Waals surface area (Å²) in [4.78, 5) is 9.46. The normalized spacial score (nSPS) is 11.1. The number of para-hydroxylation sites is 8. The van der Waals surface area contributed by atoms with Crippen molar-refractivity contribution in [2.75, 3.05) is 19.6 Å². The summed E-state index contributed by atoms with van der Waals surface area (Å²) in [5.41, 5.74) is 15.9. The first-order valence-electron chi connectivity index (χ1n) is 24.1. The molecule has 0 bridgehead atoms. The molecule has 338 valence electrons. The van der Waals surface area contributed by atoms with Crippen molar-refractivity contribution in [2.45, 2.75) is 0 Å².